The maximum absolute atomic E-state index is 9.55. The molecule has 0 saturated carbocycles. The van der Waals surface area contributed by atoms with E-state index in [9.17, 15) is 9.59 Å². The molecule has 2 aliphatic carbocycles. The molecule has 1 unspecified atom stereocenters. The van der Waals surface area contributed by atoms with Crippen molar-refractivity contribution in [1.29, 1.82) is 0 Å². The van der Waals surface area contributed by atoms with E-state index in [1.165, 1.54) is 51.8 Å². The fourth-order valence-corrected chi connectivity index (χ4v) is 4.72. The molecule has 1 aromatic heterocycles. The molecular formula is C21H24N2O4S. The van der Waals surface area contributed by atoms with Gasteiger partial charge in [-0.2, -0.15) is 0 Å². The van der Waals surface area contributed by atoms with E-state index in [2.05, 4.69) is 36.3 Å². The molecule has 6 nitrogen and oxygen atoms in total. The lowest BCUT2D eigenvalue weighted by molar-refractivity contribution is -0.134. The number of hydrogen-bond acceptors (Lipinski definition) is 5. The summed E-state index contributed by atoms with van der Waals surface area (Å²) in [6.07, 6.45) is 16.2. The normalized spacial score (nSPS) is 20.2. The van der Waals surface area contributed by atoms with Gasteiger partial charge in [-0.15, -0.1) is 11.3 Å². The SMILES string of the molecule is CN1CCCC1CCc1nc2c(s1)=CC1=CC=CCC=21.O=C(O)C=CC(=O)O. The highest BCUT2D eigenvalue weighted by Crippen LogP contribution is 2.24. The summed E-state index contributed by atoms with van der Waals surface area (Å²) in [5.41, 5.74) is 2.81. The topological polar surface area (TPSA) is 90.7 Å². The Bertz CT molecular complexity index is 955. The predicted molar refractivity (Wildman–Crippen MR) is 109 cm³/mol. The highest BCUT2D eigenvalue weighted by Gasteiger charge is 2.21. The van der Waals surface area contributed by atoms with Crippen molar-refractivity contribution in [2.75, 3.05) is 13.6 Å². The Morgan fingerprint density at radius 1 is 1.32 bits per heavy atom. The van der Waals surface area contributed by atoms with Crippen molar-refractivity contribution in [3.8, 4) is 0 Å². The molecule has 148 valence electrons. The molecule has 0 amide bonds. The summed E-state index contributed by atoms with van der Waals surface area (Å²) in [5, 5.41) is 18.2. The smallest absolute Gasteiger partial charge is 0.328 e. The monoisotopic (exact) mass is 400 g/mol. The third-order valence-electron chi connectivity index (χ3n) is 5.08. The first kappa shape index (κ1) is 20.2. The van der Waals surface area contributed by atoms with Gasteiger partial charge in [0.25, 0.3) is 0 Å². The van der Waals surface area contributed by atoms with Crippen LogP contribution in [0.3, 0.4) is 0 Å². The Hall–Kier alpha value is -2.51. The van der Waals surface area contributed by atoms with Crippen molar-refractivity contribution in [2.24, 2.45) is 0 Å². The van der Waals surface area contributed by atoms with Crippen LogP contribution >= 0.6 is 11.3 Å². The van der Waals surface area contributed by atoms with Gasteiger partial charge in [0.05, 0.1) is 14.9 Å². The van der Waals surface area contributed by atoms with Crippen LogP contribution in [0.15, 0.2) is 36.0 Å². The number of carboxylic acids is 2. The van der Waals surface area contributed by atoms with Gasteiger partial charge in [-0.05, 0) is 56.5 Å². The molecule has 3 aliphatic rings. The number of fused-ring (bicyclic) bond motifs is 2. The van der Waals surface area contributed by atoms with Crippen LogP contribution in [-0.2, 0) is 16.0 Å². The average molecular weight is 401 g/mol. The summed E-state index contributed by atoms with van der Waals surface area (Å²) >= 11 is 1.90. The first-order valence-electron chi connectivity index (χ1n) is 9.36. The zero-order valence-corrected chi connectivity index (χ0v) is 16.6. The van der Waals surface area contributed by atoms with Crippen LogP contribution in [0.4, 0.5) is 0 Å². The average Bonchev–Trinajstić information content (AvgIpc) is 3.33. The molecular weight excluding hydrogens is 376 g/mol. The molecule has 1 atom stereocenters. The van der Waals surface area contributed by atoms with Crippen LogP contribution in [0.5, 0.6) is 0 Å². The lowest BCUT2D eigenvalue weighted by Gasteiger charge is -2.18. The van der Waals surface area contributed by atoms with Crippen LogP contribution in [0, 0.1) is 0 Å². The second-order valence-corrected chi connectivity index (χ2v) is 8.14. The number of carbonyl (C=O) groups is 2. The number of nitrogens with zero attached hydrogens (tertiary/aromatic N) is 2. The molecule has 2 heterocycles. The number of thiazole rings is 1. The number of hydrogen-bond donors (Lipinski definition) is 2. The molecule has 1 fully saturated rings. The lowest BCUT2D eigenvalue weighted by atomic mass is 10.0. The Kier molecular flexibility index (Phi) is 6.59. The second kappa shape index (κ2) is 9.12. The number of allylic oxidation sites excluding steroid dienone is 4. The maximum atomic E-state index is 9.55. The van der Waals surface area contributed by atoms with Crippen LogP contribution in [0.1, 0.15) is 30.7 Å². The Labute approximate surface area is 167 Å². The van der Waals surface area contributed by atoms with Gasteiger partial charge in [-0.25, -0.2) is 14.6 Å². The third kappa shape index (κ3) is 5.05. The van der Waals surface area contributed by atoms with Crippen molar-refractivity contribution in [3.63, 3.8) is 0 Å². The molecule has 7 heteroatoms. The molecule has 1 aliphatic heterocycles. The lowest BCUT2D eigenvalue weighted by Crippen LogP contribution is -2.25. The number of likely N-dealkylation sites (tertiary alicyclic amines) is 1. The zero-order valence-electron chi connectivity index (χ0n) is 15.8. The van der Waals surface area contributed by atoms with Crippen LogP contribution < -0.4 is 9.88 Å². The number of aliphatic carboxylic acids is 2. The fourth-order valence-electron chi connectivity index (χ4n) is 3.66. The van der Waals surface area contributed by atoms with Gasteiger partial charge in [0, 0.05) is 24.6 Å². The number of rotatable bonds is 5. The van der Waals surface area contributed by atoms with Gasteiger partial charge in [0.2, 0.25) is 0 Å². The predicted octanol–water partition coefficient (Wildman–Crippen LogP) is 1.71. The zero-order chi connectivity index (χ0) is 20.1. The van der Waals surface area contributed by atoms with E-state index in [-0.39, 0.29) is 0 Å². The fraction of sp³-hybridized carbons (Fsp3) is 0.381. The number of carboxylic acid groups (broad SMARTS) is 2. The van der Waals surface area contributed by atoms with E-state index in [1.807, 2.05) is 11.3 Å². The number of aryl methyl sites for hydroxylation is 1. The first-order chi connectivity index (χ1) is 13.4. The van der Waals surface area contributed by atoms with E-state index >= 15 is 0 Å². The van der Waals surface area contributed by atoms with E-state index in [1.54, 1.807) is 0 Å². The summed E-state index contributed by atoms with van der Waals surface area (Å²) in [6, 6.07) is 0.776. The second-order valence-electron chi connectivity index (χ2n) is 7.02. The Morgan fingerprint density at radius 2 is 2.07 bits per heavy atom. The summed E-state index contributed by atoms with van der Waals surface area (Å²) in [5.74, 6) is -2.51. The van der Waals surface area contributed by atoms with Gasteiger partial charge < -0.3 is 15.1 Å². The highest BCUT2D eigenvalue weighted by molar-refractivity contribution is 7.09. The minimum atomic E-state index is -1.26. The van der Waals surface area contributed by atoms with Crippen LogP contribution in [-0.4, -0.2) is 51.7 Å². The maximum Gasteiger partial charge on any atom is 0.328 e. The van der Waals surface area contributed by atoms with Crippen molar-refractivity contribution in [2.45, 2.75) is 38.1 Å². The minimum Gasteiger partial charge on any atom is -0.478 e. The summed E-state index contributed by atoms with van der Waals surface area (Å²) in [7, 11) is 2.26. The Balaban J connectivity index is 0.000000242. The summed E-state index contributed by atoms with van der Waals surface area (Å²) in [4.78, 5) is 26.5. The molecule has 28 heavy (non-hydrogen) atoms. The highest BCUT2D eigenvalue weighted by atomic mass is 32.1. The molecule has 0 bridgehead atoms. The van der Waals surface area contributed by atoms with E-state index < -0.39 is 11.9 Å². The largest absolute Gasteiger partial charge is 0.478 e. The van der Waals surface area contributed by atoms with E-state index in [0.717, 1.165) is 18.9 Å². The molecule has 1 saturated heterocycles. The van der Waals surface area contributed by atoms with Crippen molar-refractivity contribution < 1.29 is 19.8 Å². The van der Waals surface area contributed by atoms with Gasteiger partial charge in [0.15, 0.2) is 0 Å². The summed E-state index contributed by atoms with van der Waals surface area (Å²) in [6.45, 7) is 1.27. The van der Waals surface area contributed by atoms with Crippen LogP contribution in [0.25, 0.3) is 11.6 Å². The van der Waals surface area contributed by atoms with Crippen molar-refractivity contribution in [3.05, 3.63) is 50.8 Å². The van der Waals surface area contributed by atoms with Gasteiger partial charge in [-0.1, -0.05) is 18.2 Å². The molecule has 1 aromatic rings. The quantitative estimate of drug-likeness (QED) is 0.732. The number of aromatic nitrogens is 1. The van der Waals surface area contributed by atoms with Gasteiger partial charge in [-0.3, -0.25) is 0 Å². The van der Waals surface area contributed by atoms with Gasteiger partial charge in [0.1, 0.15) is 0 Å². The molecule has 0 aromatic carbocycles. The molecule has 4 rings (SSSR count). The van der Waals surface area contributed by atoms with E-state index in [4.69, 9.17) is 15.2 Å². The van der Waals surface area contributed by atoms with Crippen molar-refractivity contribution in [1.82, 2.24) is 9.88 Å². The summed E-state index contributed by atoms with van der Waals surface area (Å²) < 4.78 is 1.38. The van der Waals surface area contributed by atoms with Crippen molar-refractivity contribution >= 4 is 34.9 Å². The Morgan fingerprint density at radius 3 is 2.71 bits per heavy atom. The molecule has 0 radical (unpaired) electrons. The van der Waals surface area contributed by atoms with Crippen LogP contribution in [0.2, 0.25) is 0 Å². The van der Waals surface area contributed by atoms with Gasteiger partial charge >= 0.3 is 11.9 Å². The minimum absolute atomic E-state index is 0.558. The third-order valence-corrected chi connectivity index (χ3v) is 6.15. The first-order valence-corrected chi connectivity index (χ1v) is 10.2. The van der Waals surface area contributed by atoms with E-state index in [0.29, 0.717) is 12.2 Å². The standard InChI is InChI=1S/C17H20N2S.C4H4O4/c1-19-10-4-6-13(19)8-9-16-18-17-14-7-3-2-5-12(14)11-15(17)20-16;5-3(6)1-2-4(7)8/h2-3,5,11,13H,4,6-10H2,1H3;1-2H,(H,5,6)(H,7,8). The molecule has 2 N–H and O–H groups in total. The molecule has 0 spiro atoms.